The first-order valence-corrected chi connectivity index (χ1v) is 9.40. The normalized spacial score (nSPS) is 23.2. The first kappa shape index (κ1) is 18.2. The van der Waals surface area contributed by atoms with Gasteiger partial charge in [0, 0.05) is 24.1 Å². The molecule has 7 nitrogen and oxygen atoms in total. The van der Waals surface area contributed by atoms with Crippen molar-refractivity contribution in [2.45, 2.75) is 12.5 Å². The number of non-ortho nitro benzene ring substituents is 1. The van der Waals surface area contributed by atoms with Crippen LogP contribution in [0.2, 0.25) is 10.0 Å². The van der Waals surface area contributed by atoms with Crippen molar-refractivity contribution in [3.8, 4) is 5.75 Å². The van der Waals surface area contributed by atoms with Gasteiger partial charge in [-0.3, -0.25) is 19.2 Å². The highest BCUT2D eigenvalue weighted by atomic mass is 35.5. The minimum atomic E-state index is -3.90. The second-order valence-electron chi connectivity index (χ2n) is 5.15. The molecule has 0 bridgehead atoms. The standard InChI is InChI=1S/C15H12Cl2NO6P/c16-13-3-1-2-12(15(13)17)14-8-9-22-25(21,24-14)23-11-6-4-10(5-7-11)18(19)20/h1-7,14H,8-9H2/t14-,25?/m1/s1. The highest BCUT2D eigenvalue weighted by molar-refractivity contribution is 7.49. The molecule has 0 amide bonds. The zero-order valence-electron chi connectivity index (χ0n) is 12.6. The lowest BCUT2D eigenvalue weighted by Crippen LogP contribution is -2.17. The van der Waals surface area contributed by atoms with Gasteiger partial charge in [0.2, 0.25) is 0 Å². The first-order valence-electron chi connectivity index (χ1n) is 7.19. The molecular weight excluding hydrogens is 392 g/mol. The number of rotatable bonds is 4. The number of benzene rings is 2. The molecule has 3 rings (SSSR count). The predicted octanol–water partition coefficient (Wildman–Crippen LogP) is 5.57. The first-order chi connectivity index (χ1) is 11.9. The summed E-state index contributed by atoms with van der Waals surface area (Å²) < 4.78 is 28.7. The predicted molar refractivity (Wildman–Crippen MR) is 92.2 cm³/mol. The third kappa shape index (κ3) is 4.14. The van der Waals surface area contributed by atoms with Crippen LogP contribution in [0.3, 0.4) is 0 Å². The van der Waals surface area contributed by atoms with Gasteiger partial charge in [0.05, 0.1) is 27.7 Å². The lowest BCUT2D eigenvalue weighted by atomic mass is 10.1. The summed E-state index contributed by atoms with van der Waals surface area (Å²) in [7, 11) is -3.90. The van der Waals surface area contributed by atoms with Gasteiger partial charge < -0.3 is 4.52 Å². The summed E-state index contributed by atoms with van der Waals surface area (Å²) in [5, 5.41) is 11.3. The van der Waals surface area contributed by atoms with E-state index in [0.29, 0.717) is 22.0 Å². The molecule has 1 heterocycles. The van der Waals surface area contributed by atoms with Crippen LogP contribution in [0.25, 0.3) is 0 Å². The van der Waals surface area contributed by atoms with E-state index >= 15 is 0 Å². The van der Waals surface area contributed by atoms with Crippen LogP contribution >= 0.6 is 31.0 Å². The highest BCUT2D eigenvalue weighted by Crippen LogP contribution is 2.57. The number of nitro benzene ring substituents is 1. The van der Waals surface area contributed by atoms with Gasteiger partial charge >= 0.3 is 7.82 Å². The van der Waals surface area contributed by atoms with Crippen LogP contribution in [0.5, 0.6) is 5.75 Å². The fourth-order valence-corrected chi connectivity index (χ4v) is 4.12. The van der Waals surface area contributed by atoms with Crippen molar-refractivity contribution < 1.29 is 23.1 Å². The molecule has 2 atom stereocenters. The van der Waals surface area contributed by atoms with Crippen LogP contribution in [0.15, 0.2) is 42.5 Å². The van der Waals surface area contributed by atoms with Crippen molar-refractivity contribution in [1.82, 2.24) is 0 Å². The Hall–Kier alpha value is -1.63. The Bertz CT molecular complexity index is 844. The molecule has 10 heteroatoms. The number of phosphoric acid groups is 1. The van der Waals surface area contributed by atoms with Gasteiger partial charge in [-0.15, -0.1) is 0 Å². The SMILES string of the molecule is O=[N+]([O-])c1ccc(OP2(=O)OCC[C@H](c3cccc(Cl)c3Cl)O2)cc1. The van der Waals surface area contributed by atoms with E-state index in [0.717, 1.165) is 0 Å². The number of halogens is 2. The summed E-state index contributed by atoms with van der Waals surface area (Å²) >= 11 is 12.2. The van der Waals surface area contributed by atoms with Gasteiger partial charge in [-0.25, -0.2) is 4.57 Å². The molecule has 0 spiro atoms. The number of phosphoric ester groups is 1. The molecular formula is C15H12Cl2NO6P. The van der Waals surface area contributed by atoms with E-state index < -0.39 is 18.8 Å². The highest BCUT2D eigenvalue weighted by Gasteiger charge is 2.38. The minimum Gasteiger partial charge on any atom is -0.404 e. The van der Waals surface area contributed by atoms with Crippen molar-refractivity contribution in [1.29, 1.82) is 0 Å². The molecule has 1 aliphatic rings. The summed E-state index contributed by atoms with van der Waals surface area (Å²) in [4.78, 5) is 10.1. The summed E-state index contributed by atoms with van der Waals surface area (Å²) in [5.41, 5.74) is 0.477. The molecule has 2 aromatic rings. The summed E-state index contributed by atoms with van der Waals surface area (Å²) in [6.07, 6.45) is -0.183. The molecule has 1 saturated heterocycles. The van der Waals surface area contributed by atoms with Gasteiger partial charge in [-0.1, -0.05) is 35.3 Å². The van der Waals surface area contributed by atoms with E-state index in [4.69, 9.17) is 36.8 Å². The Balaban J connectivity index is 1.78. The van der Waals surface area contributed by atoms with Gasteiger partial charge in [-0.2, -0.15) is 0 Å². The van der Waals surface area contributed by atoms with Gasteiger partial charge in [0.25, 0.3) is 5.69 Å². The van der Waals surface area contributed by atoms with Crippen LogP contribution < -0.4 is 4.52 Å². The second kappa shape index (κ2) is 7.32. The monoisotopic (exact) mass is 403 g/mol. The van der Waals surface area contributed by atoms with Crippen molar-refractivity contribution in [2.24, 2.45) is 0 Å². The van der Waals surface area contributed by atoms with Crippen LogP contribution in [-0.4, -0.2) is 11.5 Å². The van der Waals surface area contributed by atoms with Crippen molar-refractivity contribution >= 4 is 36.7 Å². The molecule has 1 fully saturated rings. The van der Waals surface area contributed by atoms with E-state index in [2.05, 4.69) is 0 Å². The molecule has 2 aromatic carbocycles. The summed E-state index contributed by atoms with van der Waals surface area (Å²) in [5.74, 6) is 0.131. The maximum atomic E-state index is 12.7. The molecule has 1 unspecified atom stereocenters. The van der Waals surface area contributed by atoms with Crippen molar-refractivity contribution in [2.75, 3.05) is 6.61 Å². The van der Waals surface area contributed by atoms with E-state index in [-0.39, 0.29) is 18.0 Å². The fourth-order valence-electron chi connectivity index (χ4n) is 2.30. The van der Waals surface area contributed by atoms with Gasteiger partial charge in [0.1, 0.15) is 5.75 Å². The quantitative estimate of drug-likeness (QED) is 0.376. The topological polar surface area (TPSA) is 87.9 Å². The number of hydrogen-bond acceptors (Lipinski definition) is 6. The van der Waals surface area contributed by atoms with Crippen LogP contribution in [0, 0.1) is 10.1 Å². The minimum absolute atomic E-state index is 0.111. The molecule has 0 aliphatic carbocycles. The number of nitro groups is 1. The molecule has 0 radical (unpaired) electrons. The number of nitrogens with zero attached hydrogens (tertiary/aromatic N) is 1. The van der Waals surface area contributed by atoms with Crippen LogP contribution in [-0.2, 0) is 13.6 Å². The fraction of sp³-hybridized carbons (Fsp3) is 0.200. The lowest BCUT2D eigenvalue weighted by molar-refractivity contribution is -0.384. The molecule has 25 heavy (non-hydrogen) atoms. The lowest BCUT2D eigenvalue weighted by Gasteiger charge is -2.29. The summed E-state index contributed by atoms with van der Waals surface area (Å²) in [6.45, 7) is 0.137. The zero-order valence-corrected chi connectivity index (χ0v) is 15.0. The average Bonchev–Trinajstić information content (AvgIpc) is 2.57. The molecule has 132 valence electrons. The third-order valence-corrected chi connectivity index (χ3v) is 5.76. The summed E-state index contributed by atoms with van der Waals surface area (Å²) in [6, 6.07) is 10.2. The molecule has 0 aromatic heterocycles. The third-order valence-electron chi connectivity index (χ3n) is 3.48. The Morgan fingerprint density at radius 3 is 2.60 bits per heavy atom. The Kier molecular flexibility index (Phi) is 5.32. The van der Waals surface area contributed by atoms with Crippen molar-refractivity contribution in [3.05, 3.63) is 68.2 Å². The van der Waals surface area contributed by atoms with E-state index in [1.54, 1.807) is 18.2 Å². The molecule has 1 aliphatic heterocycles. The number of hydrogen-bond donors (Lipinski definition) is 0. The van der Waals surface area contributed by atoms with Crippen LogP contribution in [0.1, 0.15) is 18.1 Å². The van der Waals surface area contributed by atoms with E-state index in [1.165, 1.54) is 24.3 Å². The Labute approximate surface area is 153 Å². The zero-order chi connectivity index (χ0) is 18.0. The van der Waals surface area contributed by atoms with E-state index in [9.17, 15) is 14.7 Å². The second-order valence-corrected chi connectivity index (χ2v) is 7.48. The molecule has 0 saturated carbocycles. The van der Waals surface area contributed by atoms with E-state index in [1.807, 2.05) is 0 Å². The Morgan fingerprint density at radius 2 is 1.92 bits per heavy atom. The average molecular weight is 404 g/mol. The molecule has 0 N–H and O–H groups in total. The maximum Gasteiger partial charge on any atom is 0.530 e. The smallest absolute Gasteiger partial charge is 0.404 e. The largest absolute Gasteiger partial charge is 0.530 e. The van der Waals surface area contributed by atoms with Crippen molar-refractivity contribution in [3.63, 3.8) is 0 Å². The Morgan fingerprint density at radius 1 is 1.20 bits per heavy atom. The van der Waals surface area contributed by atoms with Gasteiger partial charge in [-0.05, 0) is 18.2 Å². The maximum absolute atomic E-state index is 12.7. The van der Waals surface area contributed by atoms with Gasteiger partial charge in [0.15, 0.2) is 0 Å². The van der Waals surface area contributed by atoms with Crippen LogP contribution in [0.4, 0.5) is 5.69 Å².